The number of amides is 1. The van der Waals surface area contributed by atoms with E-state index in [2.05, 4.69) is 30.5 Å². The molecule has 0 aliphatic rings. The minimum atomic E-state index is -0.509. The molecule has 0 saturated heterocycles. The Labute approximate surface area is 104 Å². The van der Waals surface area contributed by atoms with Gasteiger partial charge in [0.1, 0.15) is 11.5 Å². The predicted octanol–water partition coefficient (Wildman–Crippen LogP) is 0.519. The number of pyridine rings is 1. The zero-order chi connectivity index (χ0) is 12.3. The van der Waals surface area contributed by atoms with Crippen LogP contribution in [0, 0.1) is 0 Å². The topological polar surface area (TPSA) is 119 Å². The molecular weight excluding hydrogens is 266 g/mol. The largest absolute Gasteiger partial charge is 0.308 e. The number of anilines is 2. The maximum absolute atomic E-state index is 11.8. The fraction of sp³-hybridized carbons (Fsp3) is 0. The molecule has 0 bridgehead atoms. The van der Waals surface area contributed by atoms with Crippen molar-refractivity contribution in [3.8, 4) is 0 Å². The van der Waals surface area contributed by atoms with E-state index >= 15 is 0 Å². The molecule has 0 radical (unpaired) electrons. The van der Waals surface area contributed by atoms with Crippen LogP contribution < -0.4 is 16.6 Å². The van der Waals surface area contributed by atoms with Crippen LogP contribution in [-0.4, -0.2) is 25.7 Å². The second-order valence-corrected chi connectivity index (χ2v) is 3.93. The number of halogens is 1. The minimum absolute atomic E-state index is 0.0392. The summed E-state index contributed by atoms with van der Waals surface area (Å²) in [4.78, 5) is 15.7. The average molecular weight is 272 g/mol. The lowest BCUT2D eigenvalue weighted by atomic mass is 10.3. The highest BCUT2D eigenvalue weighted by Crippen LogP contribution is 2.17. The number of nitrogens with one attached hydrogen (secondary N) is 2. The maximum atomic E-state index is 11.8. The number of hydrogen-bond acceptors (Lipinski definition) is 8. The predicted molar refractivity (Wildman–Crippen MR) is 62.7 cm³/mol. The molecule has 88 valence electrons. The first kappa shape index (κ1) is 11.6. The standard InChI is InChI=1S/C7H6ClN7OS/c8-3-1-2-4(12-9)10-5(3)6(16)11-7-13-14-15-17-7/h1-2H,9H2,(H,10,12)(H,11,13,15,16). The molecule has 0 aromatic carbocycles. The minimum Gasteiger partial charge on any atom is -0.308 e. The van der Waals surface area contributed by atoms with E-state index in [9.17, 15) is 4.79 Å². The van der Waals surface area contributed by atoms with Gasteiger partial charge in [0.2, 0.25) is 5.13 Å². The third-order valence-electron chi connectivity index (χ3n) is 1.73. The summed E-state index contributed by atoms with van der Waals surface area (Å²) < 4.78 is 3.51. The lowest BCUT2D eigenvalue weighted by Crippen LogP contribution is -2.16. The van der Waals surface area contributed by atoms with E-state index in [0.717, 1.165) is 11.5 Å². The second-order valence-electron chi connectivity index (χ2n) is 2.79. The first-order valence-corrected chi connectivity index (χ1v) is 5.45. The lowest BCUT2D eigenvalue weighted by molar-refractivity contribution is 0.102. The molecule has 0 spiro atoms. The Morgan fingerprint density at radius 3 is 2.94 bits per heavy atom. The molecule has 0 aliphatic heterocycles. The lowest BCUT2D eigenvalue weighted by Gasteiger charge is -2.05. The fourth-order valence-electron chi connectivity index (χ4n) is 1.02. The third kappa shape index (κ3) is 2.64. The van der Waals surface area contributed by atoms with Gasteiger partial charge in [-0.15, -0.1) is 0 Å². The van der Waals surface area contributed by atoms with Crippen LogP contribution in [0.1, 0.15) is 10.5 Å². The Hall–Kier alpha value is -1.84. The average Bonchev–Trinajstić information content (AvgIpc) is 2.82. The van der Waals surface area contributed by atoms with Gasteiger partial charge >= 0.3 is 0 Å². The molecule has 0 aliphatic carbocycles. The van der Waals surface area contributed by atoms with Crippen LogP contribution in [0.5, 0.6) is 0 Å². The molecule has 2 rings (SSSR count). The Morgan fingerprint density at radius 1 is 1.47 bits per heavy atom. The first-order valence-electron chi connectivity index (χ1n) is 4.30. The van der Waals surface area contributed by atoms with Gasteiger partial charge in [-0.25, -0.2) is 10.8 Å². The molecule has 2 aromatic heterocycles. The van der Waals surface area contributed by atoms with Crippen LogP contribution in [0.25, 0.3) is 0 Å². The van der Waals surface area contributed by atoms with Crippen molar-refractivity contribution in [2.45, 2.75) is 0 Å². The molecule has 10 heteroatoms. The maximum Gasteiger partial charge on any atom is 0.277 e. The third-order valence-corrected chi connectivity index (χ3v) is 2.55. The number of nitrogens with zero attached hydrogens (tertiary/aromatic N) is 4. The zero-order valence-corrected chi connectivity index (χ0v) is 9.79. The van der Waals surface area contributed by atoms with Crippen molar-refractivity contribution >= 4 is 40.0 Å². The fourth-order valence-corrected chi connectivity index (χ4v) is 1.57. The molecule has 4 N–H and O–H groups in total. The van der Waals surface area contributed by atoms with Crippen molar-refractivity contribution in [1.82, 2.24) is 19.8 Å². The van der Waals surface area contributed by atoms with Gasteiger partial charge in [-0.05, 0) is 17.3 Å². The summed E-state index contributed by atoms with van der Waals surface area (Å²) in [6.45, 7) is 0. The summed E-state index contributed by atoms with van der Waals surface area (Å²) in [7, 11) is 0. The van der Waals surface area contributed by atoms with Crippen molar-refractivity contribution in [3.05, 3.63) is 22.8 Å². The Balaban J connectivity index is 2.24. The van der Waals surface area contributed by atoms with E-state index < -0.39 is 5.91 Å². The van der Waals surface area contributed by atoms with Crippen molar-refractivity contribution in [2.75, 3.05) is 10.7 Å². The van der Waals surface area contributed by atoms with Gasteiger partial charge in [-0.3, -0.25) is 10.1 Å². The number of carbonyl (C=O) groups is 1. The number of rotatable bonds is 3. The summed E-state index contributed by atoms with van der Waals surface area (Å²) in [6, 6.07) is 3.06. The molecule has 1 amide bonds. The van der Waals surface area contributed by atoms with E-state index in [1.54, 1.807) is 6.07 Å². The SMILES string of the molecule is NNc1ccc(Cl)c(C(=O)Nc2nnns2)n1. The van der Waals surface area contributed by atoms with Crippen LogP contribution in [0.2, 0.25) is 5.02 Å². The van der Waals surface area contributed by atoms with Crippen LogP contribution >= 0.6 is 23.1 Å². The monoisotopic (exact) mass is 271 g/mol. The molecule has 8 nitrogen and oxygen atoms in total. The summed E-state index contributed by atoms with van der Waals surface area (Å²) in [5.41, 5.74) is 2.36. The number of aromatic nitrogens is 4. The van der Waals surface area contributed by atoms with Crippen molar-refractivity contribution in [2.24, 2.45) is 5.84 Å². The highest BCUT2D eigenvalue weighted by atomic mass is 35.5. The molecule has 2 heterocycles. The van der Waals surface area contributed by atoms with E-state index in [0.29, 0.717) is 5.82 Å². The zero-order valence-electron chi connectivity index (χ0n) is 8.22. The highest BCUT2D eigenvalue weighted by Gasteiger charge is 2.14. The molecule has 17 heavy (non-hydrogen) atoms. The van der Waals surface area contributed by atoms with Crippen LogP contribution in [0.15, 0.2) is 12.1 Å². The molecule has 0 unspecified atom stereocenters. The first-order chi connectivity index (χ1) is 8.20. The highest BCUT2D eigenvalue weighted by molar-refractivity contribution is 7.09. The number of nitrogens with two attached hydrogens (primary N) is 1. The molecule has 2 aromatic rings. The van der Waals surface area contributed by atoms with Gasteiger partial charge in [-0.2, -0.15) is 0 Å². The molecule has 0 saturated carbocycles. The van der Waals surface area contributed by atoms with E-state index in [-0.39, 0.29) is 15.8 Å². The van der Waals surface area contributed by atoms with Gasteiger partial charge < -0.3 is 5.43 Å². The van der Waals surface area contributed by atoms with Crippen LogP contribution in [-0.2, 0) is 0 Å². The van der Waals surface area contributed by atoms with Crippen molar-refractivity contribution in [1.29, 1.82) is 0 Å². The summed E-state index contributed by atoms with van der Waals surface area (Å²) in [6.07, 6.45) is 0. The molecular formula is C7H6ClN7OS. The van der Waals surface area contributed by atoms with Crippen molar-refractivity contribution in [3.63, 3.8) is 0 Å². The van der Waals surface area contributed by atoms with Gasteiger partial charge in [0.05, 0.1) is 5.02 Å². The summed E-state index contributed by atoms with van der Waals surface area (Å²) >= 11 is 6.79. The van der Waals surface area contributed by atoms with Crippen LogP contribution in [0.3, 0.4) is 0 Å². The van der Waals surface area contributed by atoms with E-state index in [1.807, 2.05) is 0 Å². The van der Waals surface area contributed by atoms with Gasteiger partial charge in [0.25, 0.3) is 5.91 Å². The number of hydrazine groups is 1. The van der Waals surface area contributed by atoms with E-state index in [1.165, 1.54) is 6.07 Å². The van der Waals surface area contributed by atoms with Crippen LogP contribution in [0.4, 0.5) is 10.9 Å². The number of nitrogen functional groups attached to an aromatic ring is 1. The molecule has 0 atom stereocenters. The van der Waals surface area contributed by atoms with Gasteiger partial charge in [0, 0.05) is 11.5 Å². The quantitative estimate of drug-likeness (QED) is 0.550. The second kappa shape index (κ2) is 4.99. The van der Waals surface area contributed by atoms with Gasteiger partial charge in [-0.1, -0.05) is 21.2 Å². The Morgan fingerprint density at radius 2 is 2.29 bits per heavy atom. The van der Waals surface area contributed by atoms with Gasteiger partial charge in [0.15, 0.2) is 0 Å². The number of carbonyl (C=O) groups excluding carboxylic acids is 1. The number of hydrogen-bond donors (Lipinski definition) is 3. The van der Waals surface area contributed by atoms with E-state index in [4.69, 9.17) is 17.4 Å². The summed E-state index contributed by atoms with van der Waals surface area (Å²) in [5.74, 6) is 5.01. The Kier molecular flexibility index (Phi) is 3.42. The smallest absolute Gasteiger partial charge is 0.277 e. The normalized spacial score (nSPS) is 10.0. The Bertz CT molecular complexity index is 531. The van der Waals surface area contributed by atoms with Crippen molar-refractivity contribution < 1.29 is 4.79 Å². The molecule has 0 fully saturated rings. The summed E-state index contributed by atoms with van der Waals surface area (Å²) in [5, 5.41) is 9.84.